The van der Waals surface area contributed by atoms with Crippen molar-refractivity contribution in [3.63, 3.8) is 0 Å². The molecular formula is C26H32Br4Cl2N6O4. The van der Waals surface area contributed by atoms with E-state index in [0.717, 1.165) is 42.9 Å². The first-order chi connectivity index (χ1) is 19.2. The van der Waals surface area contributed by atoms with Crippen molar-refractivity contribution in [3.8, 4) is 0 Å². The Balaban J connectivity index is 0.000000627. The molecule has 0 saturated heterocycles. The summed E-state index contributed by atoms with van der Waals surface area (Å²) in [6.07, 6.45) is 1.47. The summed E-state index contributed by atoms with van der Waals surface area (Å²) in [5, 5.41) is 27.5. The van der Waals surface area contributed by atoms with Crippen LogP contribution in [0.4, 0.5) is 11.4 Å². The highest BCUT2D eigenvalue weighted by Gasteiger charge is 2.14. The minimum atomic E-state index is -0.421. The van der Waals surface area contributed by atoms with Gasteiger partial charge in [0.25, 0.3) is 11.4 Å². The summed E-state index contributed by atoms with van der Waals surface area (Å²) in [5.41, 5.74) is 6.01. The molecule has 3 aromatic rings. The third-order valence-corrected chi connectivity index (χ3v) is 8.53. The second-order valence-electron chi connectivity index (χ2n) is 8.30. The second kappa shape index (κ2) is 19.5. The molecule has 0 fully saturated rings. The number of aromatic nitrogens is 2. The van der Waals surface area contributed by atoms with Crippen molar-refractivity contribution in [1.82, 2.24) is 20.2 Å². The van der Waals surface area contributed by atoms with Gasteiger partial charge in [-0.15, -0.1) is 23.2 Å². The Labute approximate surface area is 289 Å². The summed E-state index contributed by atoms with van der Waals surface area (Å²) in [7, 11) is 0. The minimum Gasteiger partial charge on any atom is -0.358 e. The van der Waals surface area contributed by atoms with E-state index in [2.05, 4.69) is 90.9 Å². The van der Waals surface area contributed by atoms with E-state index in [0.29, 0.717) is 17.2 Å². The number of halogens is 6. The van der Waals surface area contributed by atoms with Gasteiger partial charge in [-0.25, -0.2) is 4.98 Å². The summed E-state index contributed by atoms with van der Waals surface area (Å²) in [6.45, 7) is 8.29. The molecule has 4 rings (SSSR count). The number of benzene rings is 2. The Bertz CT molecular complexity index is 1390. The normalized spacial score (nSPS) is 13.1. The maximum absolute atomic E-state index is 10.8. The van der Waals surface area contributed by atoms with Crippen molar-refractivity contribution in [2.45, 2.75) is 52.6 Å². The maximum atomic E-state index is 10.8. The smallest absolute Gasteiger partial charge is 0.269 e. The first-order valence-corrected chi connectivity index (χ1v) is 16.2. The molecule has 16 heteroatoms. The number of allylic oxidation sites excluding steroid dienone is 1. The van der Waals surface area contributed by atoms with Crippen LogP contribution in [0.5, 0.6) is 0 Å². The molecular weight excluding hydrogens is 851 g/mol. The lowest BCUT2D eigenvalue weighted by atomic mass is 10.1. The molecule has 0 aliphatic carbocycles. The zero-order valence-electron chi connectivity index (χ0n) is 22.6. The molecule has 1 unspecified atom stereocenters. The zero-order chi connectivity index (χ0) is 31.4. The van der Waals surface area contributed by atoms with Crippen LogP contribution in [0, 0.1) is 41.0 Å². The van der Waals surface area contributed by atoms with Gasteiger partial charge < -0.3 is 15.2 Å². The molecule has 2 N–H and O–H groups in total. The van der Waals surface area contributed by atoms with Crippen molar-refractivity contribution in [1.29, 1.82) is 0 Å². The maximum Gasteiger partial charge on any atom is 0.269 e. The van der Waals surface area contributed by atoms with Gasteiger partial charge >= 0.3 is 0 Å². The molecule has 1 aromatic heterocycles. The number of hydrogen-bond donors (Lipinski definition) is 2. The fourth-order valence-corrected chi connectivity index (χ4v) is 5.89. The summed E-state index contributed by atoms with van der Waals surface area (Å²) >= 11 is 23.6. The van der Waals surface area contributed by atoms with Crippen LogP contribution in [-0.4, -0.2) is 30.9 Å². The number of rotatable bonds is 5. The number of alkyl halides is 3. The predicted molar refractivity (Wildman–Crippen MR) is 186 cm³/mol. The number of imidazole rings is 1. The van der Waals surface area contributed by atoms with Crippen molar-refractivity contribution >= 4 is 98.3 Å². The van der Waals surface area contributed by atoms with E-state index in [9.17, 15) is 20.2 Å². The Morgan fingerprint density at radius 3 is 1.71 bits per heavy atom. The van der Waals surface area contributed by atoms with Gasteiger partial charge in [-0.3, -0.25) is 20.2 Å². The molecule has 0 saturated carbocycles. The molecule has 1 aliphatic rings. The van der Waals surface area contributed by atoms with Crippen molar-refractivity contribution in [3.05, 3.63) is 104 Å². The van der Waals surface area contributed by atoms with E-state index in [1.54, 1.807) is 18.2 Å². The van der Waals surface area contributed by atoms with E-state index in [1.165, 1.54) is 24.6 Å². The molecule has 1 aliphatic heterocycles. The third-order valence-electron chi connectivity index (χ3n) is 5.60. The lowest BCUT2D eigenvalue weighted by Crippen LogP contribution is -2.24. The van der Waals surface area contributed by atoms with Crippen LogP contribution in [-0.2, 0) is 12.4 Å². The number of hydrogen-bond acceptors (Lipinski definition) is 7. The van der Waals surface area contributed by atoms with E-state index < -0.39 is 4.92 Å². The van der Waals surface area contributed by atoms with E-state index in [1.807, 2.05) is 32.3 Å². The summed E-state index contributed by atoms with van der Waals surface area (Å²) < 4.78 is 4.44. The van der Waals surface area contributed by atoms with E-state index in [-0.39, 0.29) is 28.8 Å². The molecule has 1 atom stereocenters. The standard InChI is InChI=1S/C12H11Br2N3O2.C8H8ClNO2.C4H6Br2N2.CH3Cl.CH4/c1-7-3-4-10(17(18)19)5-9(7)6-16-8(2)11(13)15-12(16)14;1-6-2-3-8(10(11)12)4-7(6)5-9;1-2-3(5)8-4(6)7-2;1-2;/h3-5H,6H2,1-2H3;2-4H,5H2,1H3;4,7-8H,1H3;1H3;1H4. The van der Waals surface area contributed by atoms with Gasteiger partial charge in [0, 0.05) is 42.2 Å². The second-order valence-corrected chi connectivity index (χ2v) is 11.7. The van der Waals surface area contributed by atoms with Gasteiger partial charge in [0.15, 0.2) is 9.81 Å². The average Bonchev–Trinajstić information content (AvgIpc) is 3.35. The third kappa shape index (κ3) is 12.1. The molecule has 232 valence electrons. The number of nitro benzene ring substituents is 2. The first kappa shape index (κ1) is 40.3. The monoisotopic (exact) mass is 878 g/mol. The van der Waals surface area contributed by atoms with Gasteiger partial charge in [-0.2, -0.15) is 0 Å². The Morgan fingerprint density at radius 2 is 1.38 bits per heavy atom. The van der Waals surface area contributed by atoms with Crippen LogP contribution in [0.3, 0.4) is 0 Å². The zero-order valence-corrected chi connectivity index (χ0v) is 30.5. The quantitative estimate of drug-likeness (QED) is 0.113. The molecule has 10 nitrogen and oxygen atoms in total. The highest BCUT2D eigenvalue weighted by molar-refractivity contribution is 9.12. The number of non-ortho nitro benzene ring substituents is 2. The first-order valence-electron chi connectivity index (χ1n) is 11.6. The predicted octanol–water partition coefficient (Wildman–Crippen LogP) is 9.56. The Morgan fingerprint density at radius 1 is 0.905 bits per heavy atom. The van der Waals surface area contributed by atoms with Gasteiger partial charge in [0.2, 0.25) is 0 Å². The summed E-state index contributed by atoms with van der Waals surface area (Å²) in [6, 6.07) is 9.58. The molecule has 0 bridgehead atoms. The van der Waals surface area contributed by atoms with Crippen LogP contribution in [0.2, 0.25) is 0 Å². The van der Waals surface area contributed by atoms with Crippen molar-refractivity contribution in [2.75, 3.05) is 6.38 Å². The molecule has 2 heterocycles. The molecule has 42 heavy (non-hydrogen) atoms. The summed E-state index contributed by atoms with van der Waals surface area (Å²) in [4.78, 5) is 24.6. The highest BCUT2D eigenvalue weighted by Crippen LogP contribution is 2.25. The average molecular weight is 883 g/mol. The van der Waals surface area contributed by atoms with Crippen LogP contribution >= 0.6 is 86.9 Å². The van der Waals surface area contributed by atoms with Crippen LogP contribution in [0.1, 0.15) is 42.3 Å². The van der Waals surface area contributed by atoms with Crippen molar-refractivity contribution in [2.24, 2.45) is 0 Å². The number of nitrogens with one attached hydrogen (secondary N) is 2. The topological polar surface area (TPSA) is 128 Å². The fourth-order valence-electron chi connectivity index (χ4n) is 3.19. The lowest BCUT2D eigenvalue weighted by Gasteiger charge is -2.09. The Kier molecular flexibility index (Phi) is 18.7. The highest BCUT2D eigenvalue weighted by atomic mass is 79.9. The Hall–Kier alpha value is -1.71. The number of nitrogens with zero attached hydrogens (tertiary/aromatic N) is 4. The summed E-state index contributed by atoms with van der Waals surface area (Å²) in [5.74, 6) is 0.313. The van der Waals surface area contributed by atoms with E-state index in [4.69, 9.17) is 11.6 Å². The number of nitro groups is 2. The van der Waals surface area contributed by atoms with Crippen LogP contribution < -0.4 is 10.6 Å². The van der Waals surface area contributed by atoms with Gasteiger partial charge in [0.1, 0.15) is 4.60 Å². The number of aryl methyl sites for hydroxylation is 2. The fraction of sp³-hybridized carbons (Fsp3) is 0.346. The van der Waals surface area contributed by atoms with Gasteiger partial charge in [-0.05, 0) is 114 Å². The SMILES string of the molecule is C.CC1=C(Br)NC(Br)N1.CCl.Cc1ccc([N+](=O)[O-])cc1CCl.Cc1ccc([N+](=O)[O-])cc1Cn1c(Br)nc(Br)c1C. The molecule has 0 amide bonds. The van der Waals surface area contributed by atoms with E-state index >= 15 is 0 Å². The van der Waals surface area contributed by atoms with Gasteiger partial charge in [-0.1, -0.05) is 19.6 Å². The largest absolute Gasteiger partial charge is 0.358 e. The molecule has 2 aromatic carbocycles. The minimum absolute atomic E-state index is 0. The van der Waals surface area contributed by atoms with Crippen molar-refractivity contribution < 1.29 is 9.85 Å². The van der Waals surface area contributed by atoms with Crippen LogP contribution in [0.15, 0.2) is 56.0 Å². The van der Waals surface area contributed by atoms with Gasteiger partial charge in [0.05, 0.1) is 26.7 Å². The molecule has 0 radical (unpaired) electrons. The molecule has 0 spiro atoms. The lowest BCUT2D eigenvalue weighted by molar-refractivity contribution is -0.385. The van der Waals surface area contributed by atoms with Crippen LogP contribution in [0.25, 0.3) is 0 Å².